The average molecular weight is 387 g/mol. The van der Waals surface area contributed by atoms with Crippen LogP contribution in [0.4, 0.5) is 10.5 Å². The zero-order valence-corrected chi connectivity index (χ0v) is 17.5. The second kappa shape index (κ2) is 8.04. The van der Waals surface area contributed by atoms with E-state index in [-0.39, 0.29) is 18.0 Å². The molecule has 1 aliphatic heterocycles. The van der Waals surface area contributed by atoms with Crippen LogP contribution in [-0.2, 0) is 14.3 Å². The lowest BCUT2D eigenvalue weighted by molar-refractivity contribution is -0.143. The third-order valence-electron chi connectivity index (χ3n) is 4.48. The van der Waals surface area contributed by atoms with Gasteiger partial charge in [-0.2, -0.15) is 0 Å². The van der Waals surface area contributed by atoms with E-state index in [1.54, 1.807) is 52.1 Å². The van der Waals surface area contributed by atoms with Crippen molar-refractivity contribution >= 4 is 23.6 Å². The Morgan fingerprint density at radius 2 is 1.89 bits per heavy atom. The Balaban J connectivity index is 2.43. The molecule has 1 unspecified atom stereocenters. The lowest BCUT2D eigenvalue weighted by Crippen LogP contribution is -2.46. The molecule has 28 heavy (non-hydrogen) atoms. The van der Waals surface area contributed by atoms with Crippen LogP contribution >= 0.6 is 0 Å². The van der Waals surface area contributed by atoms with Crippen molar-refractivity contribution < 1.29 is 19.1 Å². The summed E-state index contributed by atoms with van der Waals surface area (Å²) >= 11 is 0. The van der Waals surface area contributed by atoms with E-state index in [1.165, 1.54) is 4.90 Å². The van der Waals surface area contributed by atoms with Gasteiger partial charge < -0.3 is 20.3 Å². The predicted molar refractivity (Wildman–Crippen MR) is 107 cm³/mol. The van der Waals surface area contributed by atoms with E-state index < -0.39 is 17.4 Å². The van der Waals surface area contributed by atoms with Crippen LogP contribution in [0.15, 0.2) is 35.5 Å². The fourth-order valence-electron chi connectivity index (χ4n) is 2.74. The maximum absolute atomic E-state index is 12.7. The minimum atomic E-state index is -0.665. The number of hydrogen-bond acceptors (Lipinski definition) is 4. The summed E-state index contributed by atoms with van der Waals surface area (Å²) in [6.45, 7) is 10.8. The summed E-state index contributed by atoms with van der Waals surface area (Å²) in [7, 11) is 1.60. The molecule has 0 radical (unpaired) electrons. The van der Waals surface area contributed by atoms with Crippen LogP contribution in [-0.4, -0.2) is 36.0 Å². The molecular formula is C21H29N3O4. The molecule has 3 amide bonds. The highest BCUT2D eigenvalue weighted by atomic mass is 16.5. The highest BCUT2D eigenvalue weighted by Gasteiger charge is 2.35. The molecule has 1 heterocycles. The van der Waals surface area contributed by atoms with Crippen LogP contribution in [0.2, 0.25) is 0 Å². The van der Waals surface area contributed by atoms with Crippen molar-refractivity contribution in [3.8, 4) is 0 Å². The van der Waals surface area contributed by atoms with Gasteiger partial charge in [0.05, 0.1) is 17.7 Å². The first-order valence-electron chi connectivity index (χ1n) is 9.29. The monoisotopic (exact) mass is 387 g/mol. The molecule has 0 saturated heterocycles. The second-order valence-electron chi connectivity index (χ2n) is 8.22. The van der Waals surface area contributed by atoms with Gasteiger partial charge in [-0.25, -0.2) is 9.59 Å². The number of carbonyl (C=O) groups excluding carboxylic acids is 3. The Kier molecular flexibility index (Phi) is 6.17. The first kappa shape index (κ1) is 21.5. The van der Waals surface area contributed by atoms with Crippen LogP contribution in [0.5, 0.6) is 0 Å². The van der Waals surface area contributed by atoms with Crippen LogP contribution in [0.3, 0.4) is 0 Å². The van der Waals surface area contributed by atoms with E-state index >= 15 is 0 Å². The molecule has 0 aliphatic carbocycles. The topological polar surface area (TPSA) is 87.7 Å². The van der Waals surface area contributed by atoms with Gasteiger partial charge in [0.2, 0.25) is 5.91 Å². The van der Waals surface area contributed by atoms with Crippen molar-refractivity contribution in [2.45, 2.75) is 53.7 Å². The molecule has 7 nitrogen and oxygen atoms in total. The van der Waals surface area contributed by atoms with Crippen LogP contribution in [0.1, 0.15) is 53.1 Å². The number of nitrogens with one attached hydrogen (secondary N) is 2. The number of esters is 1. The van der Waals surface area contributed by atoms with E-state index in [0.29, 0.717) is 22.5 Å². The molecule has 2 N–H and O–H groups in total. The van der Waals surface area contributed by atoms with Crippen molar-refractivity contribution in [2.75, 3.05) is 12.4 Å². The van der Waals surface area contributed by atoms with Gasteiger partial charge in [-0.3, -0.25) is 4.79 Å². The quantitative estimate of drug-likeness (QED) is 0.773. The average Bonchev–Trinajstić information content (AvgIpc) is 2.58. The van der Waals surface area contributed by atoms with E-state index in [2.05, 4.69) is 10.6 Å². The number of nitrogens with zero attached hydrogens (tertiary/aromatic N) is 1. The Labute approximate surface area is 166 Å². The minimum absolute atomic E-state index is 0.122. The normalized spacial score (nSPS) is 17.5. The SMILES string of the molecule is CC1=C(C(=O)OC(C)C)C(c2cccc(NC(=O)C(C)(C)C)c2)NC(=O)N1C. The highest BCUT2D eigenvalue weighted by molar-refractivity contribution is 5.96. The van der Waals surface area contributed by atoms with Crippen molar-refractivity contribution in [1.29, 1.82) is 0 Å². The molecule has 1 aromatic rings. The number of urea groups is 1. The first-order valence-corrected chi connectivity index (χ1v) is 9.29. The van der Waals surface area contributed by atoms with Crippen molar-refractivity contribution in [3.63, 3.8) is 0 Å². The van der Waals surface area contributed by atoms with E-state index in [1.807, 2.05) is 20.8 Å². The van der Waals surface area contributed by atoms with Crippen LogP contribution in [0.25, 0.3) is 0 Å². The lowest BCUT2D eigenvalue weighted by Gasteiger charge is -2.33. The van der Waals surface area contributed by atoms with Gasteiger partial charge in [0.25, 0.3) is 0 Å². The van der Waals surface area contributed by atoms with E-state index in [0.717, 1.165) is 0 Å². The molecule has 0 aromatic heterocycles. The fraction of sp³-hybridized carbons (Fsp3) is 0.476. The summed E-state index contributed by atoms with van der Waals surface area (Å²) in [5.41, 5.74) is 1.64. The smallest absolute Gasteiger partial charge is 0.338 e. The van der Waals surface area contributed by atoms with E-state index in [4.69, 9.17) is 4.74 Å². The molecule has 7 heteroatoms. The maximum Gasteiger partial charge on any atom is 0.338 e. The molecule has 1 aliphatic rings. The van der Waals surface area contributed by atoms with Gasteiger partial charge in [0.1, 0.15) is 0 Å². The zero-order valence-electron chi connectivity index (χ0n) is 17.5. The molecule has 2 rings (SSSR count). The summed E-state index contributed by atoms with van der Waals surface area (Å²) in [5, 5.41) is 5.72. The van der Waals surface area contributed by atoms with Gasteiger partial charge in [-0.15, -0.1) is 0 Å². The van der Waals surface area contributed by atoms with E-state index in [9.17, 15) is 14.4 Å². The van der Waals surface area contributed by atoms with Gasteiger partial charge in [0, 0.05) is 23.8 Å². The third-order valence-corrected chi connectivity index (χ3v) is 4.48. The predicted octanol–water partition coefficient (Wildman–Crippen LogP) is 3.59. The largest absolute Gasteiger partial charge is 0.459 e. The van der Waals surface area contributed by atoms with Crippen molar-refractivity contribution in [2.24, 2.45) is 5.41 Å². The number of benzene rings is 1. The number of allylic oxidation sites excluding steroid dienone is 1. The number of hydrogen-bond donors (Lipinski definition) is 2. The first-order chi connectivity index (χ1) is 12.9. The highest BCUT2D eigenvalue weighted by Crippen LogP contribution is 2.32. The van der Waals surface area contributed by atoms with Gasteiger partial charge in [-0.1, -0.05) is 32.9 Å². The molecule has 0 fully saturated rings. The maximum atomic E-state index is 12.7. The van der Waals surface area contributed by atoms with Gasteiger partial charge >= 0.3 is 12.0 Å². The third kappa shape index (κ3) is 4.71. The molecule has 1 atom stereocenters. The summed E-state index contributed by atoms with van der Waals surface area (Å²) in [6, 6.07) is 6.13. The molecule has 0 bridgehead atoms. The summed E-state index contributed by atoms with van der Waals surface area (Å²) in [4.78, 5) is 38.7. The Morgan fingerprint density at radius 3 is 2.46 bits per heavy atom. The Bertz CT molecular complexity index is 821. The van der Waals surface area contributed by atoms with Gasteiger partial charge in [0.15, 0.2) is 0 Å². The van der Waals surface area contributed by atoms with Crippen molar-refractivity contribution in [1.82, 2.24) is 10.2 Å². The number of amides is 3. The number of ether oxygens (including phenoxy) is 1. The molecule has 0 spiro atoms. The lowest BCUT2D eigenvalue weighted by atomic mass is 9.93. The zero-order chi connectivity index (χ0) is 21.2. The number of rotatable bonds is 4. The number of carbonyl (C=O) groups is 3. The molecule has 152 valence electrons. The summed E-state index contributed by atoms with van der Waals surface area (Å²) in [6.07, 6.45) is -0.284. The van der Waals surface area contributed by atoms with Gasteiger partial charge in [-0.05, 0) is 38.5 Å². The van der Waals surface area contributed by atoms with Crippen LogP contribution < -0.4 is 10.6 Å². The Hall–Kier alpha value is -2.83. The molecule has 1 aromatic carbocycles. The Morgan fingerprint density at radius 1 is 1.25 bits per heavy atom. The second-order valence-corrected chi connectivity index (χ2v) is 8.22. The minimum Gasteiger partial charge on any atom is -0.459 e. The fourth-order valence-corrected chi connectivity index (χ4v) is 2.74. The standard InChI is InChI=1S/C21H29N3O4/c1-12(2)28-18(25)16-13(3)24(7)20(27)23-17(16)14-9-8-10-15(11-14)22-19(26)21(4,5)6/h8-12,17H,1-7H3,(H,22,26)(H,23,27). The summed E-state index contributed by atoms with van der Waals surface area (Å²) in [5.74, 6) is -0.600. The number of anilines is 1. The summed E-state index contributed by atoms with van der Waals surface area (Å²) < 4.78 is 5.39. The molecule has 0 saturated carbocycles. The molecular weight excluding hydrogens is 358 g/mol. The van der Waals surface area contributed by atoms with Crippen molar-refractivity contribution in [3.05, 3.63) is 41.1 Å². The van der Waals surface area contributed by atoms with Crippen LogP contribution in [0, 0.1) is 5.41 Å².